The normalized spacial score (nSPS) is 27.4. The van der Waals surface area contributed by atoms with Gasteiger partial charge in [-0.05, 0) is 36.5 Å². The lowest BCUT2D eigenvalue weighted by atomic mass is 10.1. The van der Waals surface area contributed by atoms with Crippen molar-refractivity contribution in [3.63, 3.8) is 0 Å². The highest BCUT2D eigenvalue weighted by Crippen LogP contribution is 2.32. The molecule has 3 rings (SSSR count). The third kappa shape index (κ3) is 3.61. The monoisotopic (exact) mass is 324 g/mol. The van der Waals surface area contributed by atoms with Crippen molar-refractivity contribution in [2.45, 2.75) is 36.7 Å². The van der Waals surface area contributed by atoms with Crippen LogP contribution in [0.15, 0.2) is 34.2 Å². The molecule has 0 spiro atoms. The minimum absolute atomic E-state index is 0.359. The largest absolute Gasteiger partial charge is 0.362 e. The minimum atomic E-state index is -3.12. The zero-order chi connectivity index (χ0) is 14.9. The second kappa shape index (κ2) is 6.01. The minimum Gasteiger partial charge on any atom is -0.362 e. The third-order valence-electron chi connectivity index (χ3n) is 4.16. The van der Waals surface area contributed by atoms with Crippen LogP contribution < -0.4 is 5.32 Å². The van der Waals surface area contributed by atoms with Gasteiger partial charge in [0.2, 0.25) is 0 Å². The number of aliphatic imine (C=N–C) groups is 1. The Morgan fingerprint density at radius 2 is 2.05 bits per heavy atom. The molecule has 114 valence electrons. The highest BCUT2D eigenvalue weighted by Gasteiger charge is 2.31. The molecule has 1 N–H and O–H groups in total. The van der Waals surface area contributed by atoms with E-state index in [-0.39, 0.29) is 0 Å². The summed E-state index contributed by atoms with van der Waals surface area (Å²) in [6.07, 6.45) is 5.14. The van der Waals surface area contributed by atoms with Crippen LogP contribution in [0.4, 0.5) is 0 Å². The van der Waals surface area contributed by atoms with Gasteiger partial charge in [-0.1, -0.05) is 30.3 Å². The highest BCUT2D eigenvalue weighted by molar-refractivity contribution is 8.13. The molecule has 1 aliphatic carbocycles. The van der Waals surface area contributed by atoms with Crippen LogP contribution in [0.25, 0.3) is 0 Å². The van der Waals surface area contributed by atoms with E-state index in [9.17, 15) is 8.42 Å². The summed E-state index contributed by atoms with van der Waals surface area (Å²) in [6, 6.07) is 7.59. The van der Waals surface area contributed by atoms with Crippen molar-refractivity contribution in [1.29, 1.82) is 0 Å². The topological polar surface area (TPSA) is 58.5 Å². The molecule has 21 heavy (non-hydrogen) atoms. The van der Waals surface area contributed by atoms with Gasteiger partial charge < -0.3 is 5.32 Å². The summed E-state index contributed by atoms with van der Waals surface area (Å²) in [7, 11) is -3.12. The highest BCUT2D eigenvalue weighted by atomic mass is 32.2. The fourth-order valence-corrected chi connectivity index (χ4v) is 4.70. The van der Waals surface area contributed by atoms with Gasteiger partial charge in [-0.25, -0.2) is 8.42 Å². The standard InChI is InChI=1S/C15H20N2O2S2/c1-21(18,19)13-7-5-11(6-8-13)9-16-15-17-14-4-2-3-12(14)10-20-15/h5-8,12,14H,2-4,9-10H2,1H3,(H,16,17). The molecular formula is C15H20N2O2S2. The molecule has 1 aromatic rings. The summed E-state index contributed by atoms with van der Waals surface area (Å²) in [5.41, 5.74) is 1.03. The zero-order valence-corrected chi connectivity index (χ0v) is 13.7. The smallest absolute Gasteiger partial charge is 0.175 e. The molecule has 2 unspecified atom stereocenters. The molecule has 2 aliphatic rings. The predicted octanol–water partition coefficient (Wildman–Crippen LogP) is 2.45. The number of nitrogens with one attached hydrogen (secondary N) is 1. The number of benzene rings is 1. The van der Waals surface area contributed by atoms with E-state index >= 15 is 0 Å². The third-order valence-corrected chi connectivity index (χ3v) is 6.40. The van der Waals surface area contributed by atoms with Crippen LogP contribution in [0, 0.1) is 5.92 Å². The summed E-state index contributed by atoms with van der Waals surface area (Å²) in [5.74, 6) is 1.98. The summed E-state index contributed by atoms with van der Waals surface area (Å²) in [4.78, 5) is 4.98. The molecule has 0 bridgehead atoms. The van der Waals surface area contributed by atoms with E-state index in [0.29, 0.717) is 17.5 Å². The van der Waals surface area contributed by atoms with Crippen molar-refractivity contribution in [2.24, 2.45) is 10.9 Å². The summed E-state index contributed by atoms with van der Waals surface area (Å²) in [5, 5.41) is 4.57. The molecule has 1 saturated carbocycles. The van der Waals surface area contributed by atoms with Crippen LogP contribution >= 0.6 is 11.8 Å². The Bertz CT molecular complexity index is 638. The second-order valence-electron chi connectivity index (χ2n) is 5.79. The Morgan fingerprint density at radius 1 is 1.29 bits per heavy atom. The maximum Gasteiger partial charge on any atom is 0.175 e. The molecule has 6 heteroatoms. The molecule has 2 atom stereocenters. The molecule has 0 radical (unpaired) electrons. The zero-order valence-electron chi connectivity index (χ0n) is 12.1. The second-order valence-corrected chi connectivity index (χ2v) is 8.81. The van der Waals surface area contributed by atoms with Crippen molar-refractivity contribution < 1.29 is 8.42 Å². The quantitative estimate of drug-likeness (QED) is 0.928. The molecule has 1 heterocycles. The number of hydrogen-bond acceptors (Lipinski definition) is 4. The molecule has 4 nitrogen and oxygen atoms in total. The lowest BCUT2D eigenvalue weighted by molar-refractivity contribution is 0.489. The first-order chi connectivity index (χ1) is 10.0. The maximum atomic E-state index is 11.4. The number of sulfone groups is 1. The Kier molecular flexibility index (Phi) is 4.26. The van der Waals surface area contributed by atoms with Gasteiger partial charge in [0.15, 0.2) is 15.0 Å². The first kappa shape index (κ1) is 14.9. The molecule has 0 aromatic heterocycles. The van der Waals surface area contributed by atoms with Gasteiger partial charge in [0, 0.05) is 18.1 Å². The van der Waals surface area contributed by atoms with Gasteiger partial charge >= 0.3 is 0 Å². The summed E-state index contributed by atoms with van der Waals surface area (Å²) >= 11 is 1.81. The maximum absolute atomic E-state index is 11.4. The van der Waals surface area contributed by atoms with E-state index in [2.05, 4.69) is 10.3 Å². The number of nitrogens with zero attached hydrogens (tertiary/aromatic N) is 1. The van der Waals surface area contributed by atoms with Crippen LogP contribution in [0.2, 0.25) is 0 Å². The Labute approximate surface area is 130 Å². The van der Waals surface area contributed by atoms with Crippen LogP contribution in [0.3, 0.4) is 0 Å². The van der Waals surface area contributed by atoms with E-state index < -0.39 is 9.84 Å². The number of rotatable bonds is 3. The number of amidine groups is 1. The van der Waals surface area contributed by atoms with Gasteiger partial charge in [-0.3, -0.25) is 4.99 Å². The lowest BCUT2D eigenvalue weighted by Crippen LogP contribution is -2.41. The predicted molar refractivity (Wildman–Crippen MR) is 87.4 cm³/mol. The van der Waals surface area contributed by atoms with E-state index in [1.54, 1.807) is 12.1 Å². The SMILES string of the molecule is CS(=O)(=O)c1ccc(CN=C2NC3CCCC3CS2)cc1. The van der Waals surface area contributed by atoms with E-state index in [1.807, 2.05) is 23.9 Å². The van der Waals surface area contributed by atoms with Crippen molar-refractivity contribution >= 4 is 26.8 Å². The van der Waals surface area contributed by atoms with E-state index in [1.165, 1.54) is 31.3 Å². The molecular weight excluding hydrogens is 304 g/mol. The van der Waals surface area contributed by atoms with Crippen LogP contribution in [0.5, 0.6) is 0 Å². The Hall–Kier alpha value is -1.01. The first-order valence-corrected chi connectivity index (χ1v) is 10.1. The summed E-state index contributed by atoms with van der Waals surface area (Å²) in [6.45, 7) is 0.594. The molecule has 2 fully saturated rings. The molecule has 1 aliphatic heterocycles. The Balaban J connectivity index is 1.63. The molecule has 1 saturated heterocycles. The van der Waals surface area contributed by atoms with Gasteiger partial charge in [-0.2, -0.15) is 0 Å². The van der Waals surface area contributed by atoms with Crippen LogP contribution in [-0.4, -0.2) is 31.6 Å². The van der Waals surface area contributed by atoms with Gasteiger partial charge in [0.25, 0.3) is 0 Å². The van der Waals surface area contributed by atoms with Gasteiger partial charge in [-0.15, -0.1) is 0 Å². The van der Waals surface area contributed by atoms with Crippen molar-refractivity contribution in [3.05, 3.63) is 29.8 Å². The van der Waals surface area contributed by atoms with Gasteiger partial charge in [0.1, 0.15) is 0 Å². The van der Waals surface area contributed by atoms with Crippen LogP contribution in [-0.2, 0) is 16.4 Å². The Morgan fingerprint density at radius 3 is 2.76 bits per heavy atom. The van der Waals surface area contributed by atoms with E-state index in [0.717, 1.165) is 16.6 Å². The van der Waals surface area contributed by atoms with Crippen LogP contribution in [0.1, 0.15) is 24.8 Å². The van der Waals surface area contributed by atoms with Crippen molar-refractivity contribution in [1.82, 2.24) is 5.32 Å². The number of hydrogen-bond donors (Lipinski definition) is 1. The van der Waals surface area contributed by atoms with Crippen molar-refractivity contribution in [2.75, 3.05) is 12.0 Å². The van der Waals surface area contributed by atoms with Gasteiger partial charge in [0.05, 0.1) is 11.4 Å². The first-order valence-electron chi connectivity index (χ1n) is 7.25. The molecule has 1 aromatic carbocycles. The molecule has 0 amide bonds. The number of fused-ring (bicyclic) bond motifs is 1. The average molecular weight is 324 g/mol. The summed E-state index contributed by atoms with van der Waals surface area (Å²) < 4.78 is 22.8. The van der Waals surface area contributed by atoms with E-state index in [4.69, 9.17) is 0 Å². The fourth-order valence-electron chi connectivity index (χ4n) is 2.91. The number of thioether (sulfide) groups is 1. The lowest BCUT2D eigenvalue weighted by Gasteiger charge is -2.28. The fraction of sp³-hybridized carbons (Fsp3) is 0.533. The average Bonchev–Trinajstić information content (AvgIpc) is 2.92. The van der Waals surface area contributed by atoms with Crippen molar-refractivity contribution in [3.8, 4) is 0 Å².